The number of aryl methyl sites for hydroxylation is 2. The van der Waals surface area contributed by atoms with Crippen molar-refractivity contribution in [1.82, 2.24) is 20.9 Å². The van der Waals surface area contributed by atoms with Crippen LogP contribution in [-0.4, -0.2) is 29.9 Å². The maximum Gasteiger partial charge on any atom is 0.251 e. The van der Waals surface area contributed by atoms with Crippen LogP contribution in [0.2, 0.25) is 0 Å². The Morgan fingerprint density at radius 1 is 1.26 bits per heavy atom. The number of nitrogens with zero attached hydrogens (tertiary/aromatic N) is 2. The number of aromatic nitrogens is 1. The van der Waals surface area contributed by atoms with Gasteiger partial charge in [0.2, 0.25) is 0 Å². The van der Waals surface area contributed by atoms with Crippen LogP contribution in [0.5, 0.6) is 0 Å². The van der Waals surface area contributed by atoms with E-state index >= 15 is 0 Å². The first-order valence-corrected chi connectivity index (χ1v) is 10.0. The first kappa shape index (κ1) is 20.9. The second-order valence-corrected chi connectivity index (χ2v) is 7.80. The van der Waals surface area contributed by atoms with Gasteiger partial charge in [0, 0.05) is 30.1 Å². The quantitative estimate of drug-likeness (QED) is 0.504. The average Bonchev–Trinajstić information content (AvgIpc) is 2.99. The molecule has 0 radical (unpaired) electrons. The molecule has 1 aromatic heterocycles. The highest BCUT2D eigenvalue weighted by molar-refractivity contribution is 7.11. The second-order valence-electron chi connectivity index (χ2n) is 6.51. The third-order valence-corrected chi connectivity index (χ3v) is 5.42. The molecule has 3 N–H and O–H groups in total. The number of benzene rings is 1. The van der Waals surface area contributed by atoms with Gasteiger partial charge >= 0.3 is 0 Å². The maximum absolute atomic E-state index is 12.3. The van der Waals surface area contributed by atoms with Crippen LogP contribution < -0.4 is 16.0 Å². The zero-order valence-corrected chi connectivity index (χ0v) is 17.5. The molecule has 7 heteroatoms. The van der Waals surface area contributed by atoms with Crippen LogP contribution in [0.1, 0.15) is 51.8 Å². The van der Waals surface area contributed by atoms with Crippen LogP contribution in [0.15, 0.2) is 29.3 Å². The molecular formula is C20H29N5OS. The van der Waals surface area contributed by atoms with Crippen molar-refractivity contribution in [2.24, 2.45) is 4.99 Å². The van der Waals surface area contributed by atoms with Gasteiger partial charge in [-0.3, -0.25) is 9.79 Å². The summed E-state index contributed by atoms with van der Waals surface area (Å²) in [6.45, 7) is 9.37. The van der Waals surface area contributed by atoms with Crippen molar-refractivity contribution in [3.63, 3.8) is 0 Å². The Kier molecular flexibility index (Phi) is 7.79. The lowest BCUT2D eigenvalue weighted by molar-refractivity contribution is 0.0939. The predicted octanol–water partition coefficient (Wildman–Crippen LogP) is 3.15. The van der Waals surface area contributed by atoms with Crippen LogP contribution in [0.4, 0.5) is 0 Å². The molecule has 0 saturated carbocycles. The molecule has 0 aliphatic rings. The fraction of sp³-hybridized carbons (Fsp3) is 0.450. The minimum absolute atomic E-state index is 0.0387. The minimum atomic E-state index is -0.0387. The van der Waals surface area contributed by atoms with Crippen molar-refractivity contribution in [2.45, 2.75) is 53.2 Å². The van der Waals surface area contributed by atoms with E-state index in [0.717, 1.165) is 22.7 Å². The first-order valence-electron chi connectivity index (χ1n) is 9.20. The van der Waals surface area contributed by atoms with Crippen molar-refractivity contribution in [1.29, 1.82) is 0 Å². The highest BCUT2D eigenvalue weighted by Gasteiger charge is 2.09. The molecule has 1 heterocycles. The summed E-state index contributed by atoms with van der Waals surface area (Å²) in [6.07, 6.45) is 0.910. The van der Waals surface area contributed by atoms with Crippen LogP contribution in [0.25, 0.3) is 0 Å². The number of thiazole rings is 1. The van der Waals surface area contributed by atoms with Gasteiger partial charge in [-0.2, -0.15) is 0 Å². The van der Waals surface area contributed by atoms with Gasteiger partial charge in [-0.15, -0.1) is 11.3 Å². The molecule has 1 aromatic carbocycles. The SMILES string of the molecule is CCC(C)NC(=O)c1cccc(CNC(=NC)NCc2nc(C)c(C)s2)c1. The molecule has 6 nitrogen and oxygen atoms in total. The van der Waals surface area contributed by atoms with Gasteiger partial charge in [0.1, 0.15) is 5.01 Å². The zero-order chi connectivity index (χ0) is 19.8. The fourth-order valence-electron chi connectivity index (χ4n) is 2.41. The minimum Gasteiger partial charge on any atom is -0.352 e. The monoisotopic (exact) mass is 387 g/mol. The Morgan fingerprint density at radius 2 is 2.00 bits per heavy atom. The highest BCUT2D eigenvalue weighted by atomic mass is 32.1. The summed E-state index contributed by atoms with van der Waals surface area (Å²) in [5, 5.41) is 10.6. The summed E-state index contributed by atoms with van der Waals surface area (Å²) >= 11 is 1.69. The Balaban J connectivity index is 1.90. The van der Waals surface area contributed by atoms with Crippen molar-refractivity contribution >= 4 is 23.2 Å². The van der Waals surface area contributed by atoms with E-state index < -0.39 is 0 Å². The van der Waals surface area contributed by atoms with Crippen molar-refractivity contribution < 1.29 is 4.79 Å². The summed E-state index contributed by atoms with van der Waals surface area (Å²) in [4.78, 5) is 22.3. The van der Waals surface area contributed by atoms with Gasteiger partial charge in [0.05, 0.1) is 12.2 Å². The van der Waals surface area contributed by atoms with E-state index in [-0.39, 0.29) is 11.9 Å². The zero-order valence-electron chi connectivity index (χ0n) is 16.7. The third kappa shape index (κ3) is 6.36. The Bertz CT molecular complexity index is 780. The molecule has 0 saturated heterocycles. The molecule has 1 unspecified atom stereocenters. The van der Waals surface area contributed by atoms with E-state index in [1.54, 1.807) is 18.4 Å². The summed E-state index contributed by atoms with van der Waals surface area (Å²) in [5.41, 5.74) is 2.77. The van der Waals surface area contributed by atoms with E-state index in [1.807, 2.05) is 38.1 Å². The van der Waals surface area contributed by atoms with Crippen LogP contribution >= 0.6 is 11.3 Å². The molecule has 0 aliphatic heterocycles. The summed E-state index contributed by atoms with van der Waals surface area (Å²) in [7, 11) is 1.74. The van der Waals surface area contributed by atoms with Crippen molar-refractivity contribution in [3.05, 3.63) is 51.0 Å². The lowest BCUT2D eigenvalue weighted by Crippen LogP contribution is -2.36. The lowest BCUT2D eigenvalue weighted by atomic mass is 10.1. The number of hydrogen-bond acceptors (Lipinski definition) is 4. The molecule has 146 valence electrons. The summed E-state index contributed by atoms with van der Waals surface area (Å²) in [6, 6.07) is 7.81. The Morgan fingerprint density at radius 3 is 2.63 bits per heavy atom. The number of aliphatic imine (C=N–C) groups is 1. The molecule has 0 aliphatic carbocycles. The molecule has 1 amide bonds. The number of nitrogens with one attached hydrogen (secondary N) is 3. The normalized spacial score (nSPS) is 12.6. The van der Waals surface area contributed by atoms with E-state index in [4.69, 9.17) is 0 Å². The largest absolute Gasteiger partial charge is 0.352 e. The number of guanidine groups is 1. The van der Waals surface area contributed by atoms with Crippen molar-refractivity contribution in [2.75, 3.05) is 7.05 Å². The van der Waals surface area contributed by atoms with Crippen LogP contribution in [0, 0.1) is 13.8 Å². The van der Waals surface area contributed by atoms with Gasteiger partial charge in [-0.25, -0.2) is 4.98 Å². The fourth-order valence-corrected chi connectivity index (χ4v) is 3.29. The number of hydrogen-bond donors (Lipinski definition) is 3. The standard InChI is InChI=1S/C20H29N5OS/c1-6-13(2)24-19(26)17-9-7-8-16(10-17)11-22-20(21-5)23-12-18-25-14(3)15(4)27-18/h7-10,13H,6,11-12H2,1-5H3,(H,24,26)(H2,21,22,23). The topological polar surface area (TPSA) is 78.4 Å². The van der Waals surface area contributed by atoms with E-state index in [9.17, 15) is 4.79 Å². The third-order valence-electron chi connectivity index (χ3n) is 4.34. The molecule has 0 bridgehead atoms. The Labute approximate surface area is 165 Å². The first-order chi connectivity index (χ1) is 12.9. The predicted molar refractivity (Wildman–Crippen MR) is 112 cm³/mol. The number of carbonyl (C=O) groups excluding carboxylic acids is 1. The summed E-state index contributed by atoms with van der Waals surface area (Å²) in [5.74, 6) is 0.665. The molecule has 0 spiro atoms. The summed E-state index contributed by atoms with van der Waals surface area (Å²) < 4.78 is 0. The lowest BCUT2D eigenvalue weighted by Gasteiger charge is -2.13. The van der Waals surface area contributed by atoms with Crippen LogP contribution in [-0.2, 0) is 13.1 Å². The molecule has 2 aromatic rings. The van der Waals surface area contributed by atoms with Crippen molar-refractivity contribution in [3.8, 4) is 0 Å². The molecule has 0 fully saturated rings. The number of carbonyl (C=O) groups is 1. The average molecular weight is 388 g/mol. The smallest absolute Gasteiger partial charge is 0.251 e. The second kappa shape index (κ2) is 10.1. The highest BCUT2D eigenvalue weighted by Crippen LogP contribution is 2.15. The molecule has 2 rings (SSSR count). The number of amides is 1. The maximum atomic E-state index is 12.3. The Hall–Kier alpha value is -2.41. The van der Waals surface area contributed by atoms with Crippen LogP contribution in [0.3, 0.4) is 0 Å². The van der Waals surface area contributed by atoms with Gasteiger partial charge in [0.15, 0.2) is 5.96 Å². The van der Waals surface area contributed by atoms with Gasteiger partial charge < -0.3 is 16.0 Å². The van der Waals surface area contributed by atoms with E-state index in [2.05, 4.69) is 39.8 Å². The van der Waals surface area contributed by atoms with E-state index in [1.165, 1.54) is 4.88 Å². The molecular weight excluding hydrogens is 358 g/mol. The van der Waals surface area contributed by atoms with Gasteiger partial charge in [-0.05, 0) is 44.9 Å². The van der Waals surface area contributed by atoms with Gasteiger partial charge in [-0.1, -0.05) is 19.1 Å². The van der Waals surface area contributed by atoms with Gasteiger partial charge in [0.25, 0.3) is 5.91 Å². The molecule has 1 atom stereocenters. The number of rotatable bonds is 7. The van der Waals surface area contributed by atoms with E-state index in [0.29, 0.717) is 24.6 Å². The molecule has 27 heavy (non-hydrogen) atoms.